The van der Waals surface area contributed by atoms with Crippen molar-refractivity contribution in [2.45, 2.75) is 18.9 Å². The van der Waals surface area contributed by atoms with Crippen LogP contribution in [0.3, 0.4) is 0 Å². The molecule has 20 heavy (non-hydrogen) atoms. The van der Waals surface area contributed by atoms with E-state index in [1.807, 2.05) is 24.0 Å². The molecule has 1 atom stereocenters. The summed E-state index contributed by atoms with van der Waals surface area (Å²) in [5, 5.41) is 12.9. The lowest BCUT2D eigenvalue weighted by atomic mass is 10.1. The number of nitrogens with one attached hydrogen (secondary N) is 1. The van der Waals surface area contributed by atoms with Crippen LogP contribution in [0.4, 0.5) is 5.69 Å². The monoisotopic (exact) mass is 612 g/mol. The van der Waals surface area contributed by atoms with Crippen molar-refractivity contribution in [3.8, 4) is 0 Å². The van der Waals surface area contributed by atoms with Crippen LogP contribution in [0.25, 0.3) is 0 Å². The number of aliphatic hydroxyl groups is 1. The number of rotatable bonds is 3. The number of benzene rings is 1. The van der Waals surface area contributed by atoms with Gasteiger partial charge >= 0.3 is 0 Å². The van der Waals surface area contributed by atoms with Crippen molar-refractivity contribution >= 4 is 79.4 Å². The highest BCUT2D eigenvalue weighted by molar-refractivity contribution is 14.1. The van der Waals surface area contributed by atoms with Gasteiger partial charge in [0.25, 0.3) is 0 Å². The zero-order chi connectivity index (χ0) is 14.9. The van der Waals surface area contributed by atoms with Crippen LogP contribution in [0.1, 0.15) is 13.3 Å². The summed E-state index contributed by atoms with van der Waals surface area (Å²) >= 11 is 6.74. The number of amides is 1. The molecule has 1 aromatic rings. The Morgan fingerprint density at radius 3 is 2.50 bits per heavy atom. The van der Waals surface area contributed by atoms with Crippen molar-refractivity contribution < 1.29 is 9.90 Å². The smallest absolute Gasteiger partial charge is 0.238 e. The summed E-state index contributed by atoms with van der Waals surface area (Å²) < 4.78 is 3.24. The highest BCUT2D eigenvalue weighted by Gasteiger charge is 2.32. The standard InChI is InChI=1S/C13H15I3N2O2/c1-13(20)2-3-18(7-13)6-11(19)17-12-9(15)4-8(14)5-10(12)16/h4-5,20H,2-3,6-7H2,1H3,(H,17,19). The second kappa shape index (κ2) is 6.92. The van der Waals surface area contributed by atoms with E-state index in [0.29, 0.717) is 13.1 Å². The normalized spacial score (nSPS) is 23.1. The third-order valence-corrected chi connectivity index (χ3v) is 5.49. The van der Waals surface area contributed by atoms with Crippen LogP contribution < -0.4 is 5.32 Å². The van der Waals surface area contributed by atoms with Crippen LogP contribution in [-0.4, -0.2) is 41.1 Å². The number of hydrogen-bond donors (Lipinski definition) is 2. The number of carbonyl (C=O) groups excluding carboxylic acids is 1. The average Bonchev–Trinajstić information content (AvgIpc) is 2.63. The molecule has 110 valence electrons. The molecule has 1 heterocycles. The molecule has 0 spiro atoms. The molecule has 0 radical (unpaired) electrons. The molecule has 2 N–H and O–H groups in total. The molecule has 0 saturated carbocycles. The molecule has 1 unspecified atom stereocenters. The zero-order valence-electron chi connectivity index (χ0n) is 10.9. The van der Waals surface area contributed by atoms with Crippen LogP contribution in [0.15, 0.2) is 12.1 Å². The summed E-state index contributed by atoms with van der Waals surface area (Å²) in [7, 11) is 0. The Hall–Kier alpha value is 0.800. The number of likely N-dealkylation sites (tertiary alicyclic amines) is 1. The molecular formula is C13H15I3N2O2. The van der Waals surface area contributed by atoms with E-state index in [0.717, 1.165) is 29.4 Å². The van der Waals surface area contributed by atoms with Crippen molar-refractivity contribution in [2.75, 3.05) is 25.0 Å². The molecule has 1 saturated heterocycles. The van der Waals surface area contributed by atoms with E-state index >= 15 is 0 Å². The summed E-state index contributed by atoms with van der Waals surface area (Å²) in [5.74, 6) is -0.0280. The van der Waals surface area contributed by atoms with Crippen molar-refractivity contribution in [2.24, 2.45) is 0 Å². The van der Waals surface area contributed by atoms with Gasteiger partial charge in [-0.2, -0.15) is 0 Å². The van der Waals surface area contributed by atoms with Gasteiger partial charge in [-0.1, -0.05) is 0 Å². The molecule has 1 aromatic carbocycles. The van der Waals surface area contributed by atoms with Gasteiger partial charge in [-0.25, -0.2) is 0 Å². The first-order chi connectivity index (χ1) is 9.27. The summed E-state index contributed by atoms with van der Waals surface area (Å²) in [6.45, 7) is 3.47. The molecule has 1 aliphatic rings. The highest BCUT2D eigenvalue weighted by Crippen LogP contribution is 2.27. The number of anilines is 1. The van der Waals surface area contributed by atoms with Crippen LogP contribution in [0.2, 0.25) is 0 Å². The Bertz CT molecular complexity index is 511. The second-order valence-electron chi connectivity index (χ2n) is 5.25. The van der Waals surface area contributed by atoms with E-state index in [-0.39, 0.29) is 5.91 Å². The molecule has 1 aliphatic heterocycles. The molecule has 7 heteroatoms. The number of β-amino-alcohol motifs (C(OH)–C–C–N with tert-alkyl or cyclic N) is 1. The molecule has 4 nitrogen and oxygen atoms in total. The van der Waals surface area contributed by atoms with Gasteiger partial charge in [0.05, 0.1) is 17.8 Å². The minimum atomic E-state index is -0.661. The SMILES string of the molecule is CC1(O)CCN(CC(=O)Nc2c(I)cc(I)cc2I)C1. The third kappa shape index (κ3) is 4.65. The Balaban J connectivity index is 1.99. The number of halogens is 3. The Morgan fingerprint density at radius 2 is 2.00 bits per heavy atom. The van der Waals surface area contributed by atoms with Gasteiger partial charge in [-0.15, -0.1) is 0 Å². The van der Waals surface area contributed by atoms with Crippen LogP contribution in [0, 0.1) is 10.7 Å². The average molecular weight is 612 g/mol. The van der Waals surface area contributed by atoms with Gasteiger partial charge in [0.1, 0.15) is 0 Å². The summed E-state index contributed by atoms with van der Waals surface area (Å²) in [4.78, 5) is 14.1. The fourth-order valence-corrected chi connectivity index (χ4v) is 6.07. The van der Waals surface area contributed by atoms with Crippen molar-refractivity contribution in [1.82, 2.24) is 4.90 Å². The maximum absolute atomic E-state index is 12.1. The molecule has 1 fully saturated rings. The molecule has 0 aromatic heterocycles. The zero-order valence-corrected chi connectivity index (χ0v) is 17.4. The predicted octanol–water partition coefficient (Wildman–Crippen LogP) is 2.90. The maximum Gasteiger partial charge on any atom is 0.238 e. The number of hydrogen-bond acceptors (Lipinski definition) is 3. The van der Waals surface area contributed by atoms with E-state index in [2.05, 4.69) is 73.1 Å². The second-order valence-corrected chi connectivity index (χ2v) is 8.82. The summed E-state index contributed by atoms with van der Waals surface area (Å²) in [5.41, 5.74) is 0.217. The van der Waals surface area contributed by atoms with Gasteiger partial charge in [-0.05, 0) is 93.2 Å². The Morgan fingerprint density at radius 1 is 1.40 bits per heavy atom. The van der Waals surface area contributed by atoms with E-state index in [1.165, 1.54) is 0 Å². The maximum atomic E-state index is 12.1. The first-order valence-electron chi connectivity index (χ1n) is 6.16. The van der Waals surface area contributed by atoms with E-state index in [4.69, 9.17) is 0 Å². The topological polar surface area (TPSA) is 52.6 Å². The first kappa shape index (κ1) is 17.2. The van der Waals surface area contributed by atoms with Crippen LogP contribution in [0.5, 0.6) is 0 Å². The lowest BCUT2D eigenvalue weighted by molar-refractivity contribution is -0.117. The van der Waals surface area contributed by atoms with Crippen LogP contribution in [-0.2, 0) is 4.79 Å². The Labute approximate surface area is 159 Å². The summed E-state index contributed by atoms with van der Waals surface area (Å²) in [6, 6.07) is 4.08. The van der Waals surface area contributed by atoms with Crippen molar-refractivity contribution in [3.05, 3.63) is 22.8 Å². The molecule has 2 rings (SSSR count). The third-order valence-electron chi connectivity index (χ3n) is 3.17. The number of carbonyl (C=O) groups is 1. The van der Waals surface area contributed by atoms with Crippen molar-refractivity contribution in [1.29, 1.82) is 0 Å². The van der Waals surface area contributed by atoms with Gasteiger partial charge in [0.2, 0.25) is 5.91 Å². The van der Waals surface area contributed by atoms with Gasteiger partial charge in [0, 0.05) is 23.8 Å². The lowest BCUT2D eigenvalue weighted by Crippen LogP contribution is -2.35. The van der Waals surface area contributed by atoms with Gasteiger partial charge in [0.15, 0.2) is 0 Å². The minimum absolute atomic E-state index is 0.0280. The van der Waals surface area contributed by atoms with Crippen LogP contribution >= 0.6 is 67.8 Å². The largest absolute Gasteiger partial charge is 0.389 e. The fraction of sp³-hybridized carbons (Fsp3) is 0.462. The van der Waals surface area contributed by atoms with Crippen molar-refractivity contribution in [3.63, 3.8) is 0 Å². The molecular weight excluding hydrogens is 597 g/mol. The lowest BCUT2D eigenvalue weighted by Gasteiger charge is -2.19. The molecule has 0 bridgehead atoms. The first-order valence-corrected chi connectivity index (χ1v) is 9.39. The highest BCUT2D eigenvalue weighted by atomic mass is 127. The molecule has 1 amide bonds. The minimum Gasteiger partial charge on any atom is -0.389 e. The predicted molar refractivity (Wildman–Crippen MR) is 105 cm³/mol. The van der Waals surface area contributed by atoms with E-state index < -0.39 is 5.60 Å². The number of nitrogens with zero attached hydrogens (tertiary/aromatic N) is 1. The quantitative estimate of drug-likeness (QED) is 0.517. The van der Waals surface area contributed by atoms with Gasteiger partial charge < -0.3 is 10.4 Å². The van der Waals surface area contributed by atoms with E-state index in [9.17, 15) is 9.90 Å². The molecule has 0 aliphatic carbocycles. The van der Waals surface area contributed by atoms with E-state index in [1.54, 1.807) is 0 Å². The summed E-state index contributed by atoms with van der Waals surface area (Å²) in [6.07, 6.45) is 0.721. The van der Waals surface area contributed by atoms with Gasteiger partial charge in [-0.3, -0.25) is 9.69 Å². The fourth-order valence-electron chi connectivity index (χ4n) is 2.22. The Kier molecular flexibility index (Phi) is 5.94.